The minimum Gasteiger partial charge on any atom is -0.264 e. The SMILES string of the molecule is SCCc1csc(-c2cccnc2)n1. The van der Waals surface area contributed by atoms with Gasteiger partial charge < -0.3 is 0 Å². The number of aryl methyl sites for hydroxylation is 1. The van der Waals surface area contributed by atoms with Crippen LogP contribution < -0.4 is 0 Å². The highest BCUT2D eigenvalue weighted by Gasteiger charge is 2.03. The van der Waals surface area contributed by atoms with Crippen molar-refractivity contribution in [2.45, 2.75) is 6.42 Å². The fourth-order valence-corrected chi connectivity index (χ4v) is 2.23. The molecule has 0 aliphatic rings. The lowest BCUT2D eigenvalue weighted by Gasteiger charge is -1.93. The molecule has 2 heterocycles. The van der Waals surface area contributed by atoms with E-state index >= 15 is 0 Å². The molecule has 2 rings (SSSR count). The summed E-state index contributed by atoms with van der Waals surface area (Å²) in [5.74, 6) is 0.843. The van der Waals surface area contributed by atoms with Gasteiger partial charge in [0, 0.05) is 23.3 Å². The number of nitrogens with zero attached hydrogens (tertiary/aromatic N) is 2. The van der Waals surface area contributed by atoms with E-state index in [2.05, 4.69) is 28.0 Å². The van der Waals surface area contributed by atoms with Crippen LogP contribution in [0.1, 0.15) is 5.69 Å². The molecule has 0 aliphatic heterocycles. The van der Waals surface area contributed by atoms with Crippen molar-refractivity contribution in [2.75, 3.05) is 5.75 Å². The van der Waals surface area contributed by atoms with Crippen molar-refractivity contribution in [3.63, 3.8) is 0 Å². The van der Waals surface area contributed by atoms with E-state index < -0.39 is 0 Å². The Morgan fingerprint density at radius 2 is 2.36 bits per heavy atom. The van der Waals surface area contributed by atoms with Crippen LogP contribution in [0, 0.1) is 0 Å². The Kier molecular flexibility index (Phi) is 3.16. The van der Waals surface area contributed by atoms with E-state index in [0.29, 0.717) is 0 Å². The molecule has 72 valence electrons. The number of thiol groups is 1. The molecule has 0 saturated heterocycles. The maximum Gasteiger partial charge on any atom is 0.125 e. The molecule has 2 aromatic rings. The maximum absolute atomic E-state index is 4.50. The summed E-state index contributed by atoms with van der Waals surface area (Å²) in [5.41, 5.74) is 2.20. The Balaban J connectivity index is 2.25. The summed E-state index contributed by atoms with van der Waals surface area (Å²) in [6.07, 6.45) is 4.54. The molecule has 2 aromatic heterocycles. The van der Waals surface area contributed by atoms with Crippen LogP contribution in [-0.2, 0) is 6.42 Å². The van der Waals surface area contributed by atoms with E-state index in [-0.39, 0.29) is 0 Å². The predicted octanol–water partition coefficient (Wildman–Crippen LogP) is 2.68. The van der Waals surface area contributed by atoms with Gasteiger partial charge in [0.25, 0.3) is 0 Å². The Morgan fingerprint density at radius 3 is 3.07 bits per heavy atom. The number of pyridine rings is 1. The zero-order valence-electron chi connectivity index (χ0n) is 7.55. The van der Waals surface area contributed by atoms with Crippen molar-refractivity contribution in [3.05, 3.63) is 35.6 Å². The molecule has 0 bridgehead atoms. The molecule has 0 atom stereocenters. The monoisotopic (exact) mass is 222 g/mol. The summed E-state index contributed by atoms with van der Waals surface area (Å²) in [7, 11) is 0. The van der Waals surface area contributed by atoms with E-state index in [1.54, 1.807) is 17.5 Å². The molecule has 0 spiro atoms. The fraction of sp³-hybridized carbons (Fsp3) is 0.200. The molecule has 14 heavy (non-hydrogen) atoms. The fourth-order valence-electron chi connectivity index (χ4n) is 1.16. The quantitative estimate of drug-likeness (QED) is 0.808. The van der Waals surface area contributed by atoms with E-state index in [1.165, 1.54) is 0 Å². The molecule has 0 amide bonds. The van der Waals surface area contributed by atoms with Crippen LogP contribution in [0.15, 0.2) is 29.9 Å². The van der Waals surface area contributed by atoms with Crippen LogP contribution in [0.4, 0.5) is 0 Å². The number of rotatable bonds is 3. The average Bonchev–Trinajstić information content (AvgIpc) is 2.68. The Morgan fingerprint density at radius 1 is 1.43 bits per heavy atom. The van der Waals surface area contributed by atoms with Gasteiger partial charge >= 0.3 is 0 Å². The standard InChI is InChI=1S/C10H10N2S2/c13-5-3-9-7-14-10(12-9)8-2-1-4-11-6-8/h1-2,4,6-7,13H,3,5H2. The van der Waals surface area contributed by atoms with E-state index in [1.807, 2.05) is 18.3 Å². The summed E-state index contributed by atoms with van der Waals surface area (Å²) in [4.78, 5) is 8.57. The van der Waals surface area contributed by atoms with Gasteiger partial charge in [-0.25, -0.2) is 4.98 Å². The molecular formula is C10H10N2S2. The van der Waals surface area contributed by atoms with Crippen molar-refractivity contribution in [2.24, 2.45) is 0 Å². The molecule has 0 fully saturated rings. The van der Waals surface area contributed by atoms with Gasteiger partial charge in [0.15, 0.2) is 0 Å². The number of thiazole rings is 1. The summed E-state index contributed by atoms with van der Waals surface area (Å²) >= 11 is 5.84. The van der Waals surface area contributed by atoms with Gasteiger partial charge in [-0.3, -0.25) is 4.98 Å². The molecule has 0 aromatic carbocycles. The predicted molar refractivity (Wildman–Crippen MR) is 62.9 cm³/mol. The highest BCUT2D eigenvalue weighted by atomic mass is 32.1. The van der Waals surface area contributed by atoms with Gasteiger partial charge in [-0.15, -0.1) is 11.3 Å². The molecule has 0 saturated carbocycles. The van der Waals surface area contributed by atoms with Crippen molar-refractivity contribution < 1.29 is 0 Å². The number of hydrogen-bond donors (Lipinski definition) is 1. The number of aromatic nitrogens is 2. The highest BCUT2D eigenvalue weighted by Crippen LogP contribution is 2.22. The van der Waals surface area contributed by atoms with Crippen molar-refractivity contribution in [3.8, 4) is 10.6 Å². The van der Waals surface area contributed by atoms with E-state index in [9.17, 15) is 0 Å². The number of hydrogen-bond acceptors (Lipinski definition) is 4. The topological polar surface area (TPSA) is 25.8 Å². The highest BCUT2D eigenvalue weighted by molar-refractivity contribution is 7.80. The summed E-state index contributed by atoms with van der Waals surface area (Å²) in [6.45, 7) is 0. The van der Waals surface area contributed by atoms with E-state index in [4.69, 9.17) is 0 Å². The molecule has 0 N–H and O–H groups in total. The van der Waals surface area contributed by atoms with Gasteiger partial charge in [0.05, 0.1) is 5.69 Å². The molecule has 0 radical (unpaired) electrons. The minimum atomic E-state index is 0.843. The first-order valence-electron chi connectivity index (χ1n) is 4.36. The van der Waals surface area contributed by atoms with Gasteiger partial charge in [0.2, 0.25) is 0 Å². The lowest BCUT2D eigenvalue weighted by Crippen LogP contribution is -1.86. The Labute approximate surface area is 92.5 Å². The molecule has 4 heteroatoms. The lowest BCUT2D eigenvalue weighted by molar-refractivity contribution is 1.08. The van der Waals surface area contributed by atoms with Gasteiger partial charge in [0.1, 0.15) is 5.01 Å². The first-order chi connectivity index (χ1) is 6.90. The molecule has 2 nitrogen and oxygen atoms in total. The minimum absolute atomic E-state index is 0.843. The zero-order chi connectivity index (χ0) is 9.80. The first-order valence-corrected chi connectivity index (χ1v) is 5.87. The van der Waals surface area contributed by atoms with E-state index in [0.717, 1.165) is 28.4 Å². The van der Waals surface area contributed by atoms with Crippen LogP contribution >= 0.6 is 24.0 Å². The third-order valence-electron chi connectivity index (χ3n) is 1.83. The average molecular weight is 222 g/mol. The second-order valence-corrected chi connectivity index (χ2v) is 4.16. The lowest BCUT2D eigenvalue weighted by atomic mass is 10.3. The van der Waals surface area contributed by atoms with Crippen molar-refractivity contribution in [1.29, 1.82) is 0 Å². The van der Waals surface area contributed by atoms with Crippen molar-refractivity contribution >= 4 is 24.0 Å². The van der Waals surface area contributed by atoms with Crippen LogP contribution in [0.2, 0.25) is 0 Å². The molecule has 0 aliphatic carbocycles. The maximum atomic E-state index is 4.50. The summed E-state index contributed by atoms with van der Waals surface area (Å²) in [6, 6.07) is 3.95. The van der Waals surface area contributed by atoms with Gasteiger partial charge in [-0.2, -0.15) is 12.6 Å². The van der Waals surface area contributed by atoms with Crippen LogP contribution in [0.5, 0.6) is 0 Å². The Bertz CT molecular complexity index is 398. The van der Waals surface area contributed by atoms with Crippen LogP contribution in [0.3, 0.4) is 0 Å². The third-order valence-corrected chi connectivity index (χ3v) is 2.99. The van der Waals surface area contributed by atoms with Crippen LogP contribution in [0.25, 0.3) is 10.6 Å². The summed E-state index contributed by atoms with van der Waals surface area (Å²) in [5, 5.41) is 3.12. The third kappa shape index (κ3) is 2.13. The Hall–Kier alpha value is -0.870. The van der Waals surface area contributed by atoms with Crippen LogP contribution in [-0.4, -0.2) is 15.7 Å². The largest absolute Gasteiger partial charge is 0.264 e. The second-order valence-electron chi connectivity index (χ2n) is 2.86. The molecule has 0 unspecified atom stereocenters. The zero-order valence-corrected chi connectivity index (χ0v) is 9.26. The van der Waals surface area contributed by atoms with Crippen molar-refractivity contribution in [1.82, 2.24) is 9.97 Å². The normalized spacial score (nSPS) is 10.4. The van der Waals surface area contributed by atoms with Gasteiger partial charge in [-0.05, 0) is 24.3 Å². The summed E-state index contributed by atoms with van der Waals surface area (Å²) < 4.78 is 0. The second kappa shape index (κ2) is 4.57. The smallest absolute Gasteiger partial charge is 0.125 e. The first kappa shape index (κ1) is 9.68. The molecular weight excluding hydrogens is 212 g/mol. The van der Waals surface area contributed by atoms with Gasteiger partial charge in [-0.1, -0.05) is 0 Å².